The SMILES string of the molecule is O=C(NCc1ccccc1)c1ccc(/C(Cl)=N\O)cc1. The summed E-state index contributed by atoms with van der Waals surface area (Å²) in [6.45, 7) is 0.472. The fourth-order valence-electron chi connectivity index (χ4n) is 1.70. The lowest BCUT2D eigenvalue weighted by molar-refractivity contribution is 0.0951. The monoisotopic (exact) mass is 288 g/mol. The Morgan fingerprint density at radius 3 is 2.25 bits per heavy atom. The molecule has 0 spiro atoms. The van der Waals surface area contributed by atoms with Crippen LogP contribution in [0.25, 0.3) is 0 Å². The maximum atomic E-state index is 11.9. The van der Waals surface area contributed by atoms with Gasteiger partial charge in [-0.15, -0.1) is 0 Å². The van der Waals surface area contributed by atoms with Gasteiger partial charge in [-0.2, -0.15) is 0 Å². The molecule has 0 unspecified atom stereocenters. The third kappa shape index (κ3) is 3.59. The second-order valence-corrected chi connectivity index (χ2v) is 4.49. The van der Waals surface area contributed by atoms with Crippen LogP contribution in [0.3, 0.4) is 0 Å². The second kappa shape index (κ2) is 6.73. The summed E-state index contributed by atoms with van der Waals surface area (Å²) in [6, 6.07) is 16.2. The Balaban J connectivity index is 1.99. The summed E-state index contributed by atoms with van der Waals surface area (Å²) in [5.74, 6) is -0.169. The number of oxime groups is 1. The van der Waals surface area contributed by atoms with Gasteiger partial charge >= 0.3 is 0 Å². The van der Waals surface area contributed by atoms with E-state index >= 15 is 0 Å². The molecule has 0 aliphatic carbocycles. The Morgan fingerprint density at radius 1 is 1.05 bits per heavy atom. The molecule has 0 saturated heterocycles. The maximum Gasteiger partial charge on any atom is 0.251 e. The largest absolute Gasteiger partial charge is 0.410 e. The van der Waals surface area contributed by atoms with Crippen LogP contribution in [-0.4, -0.2) is 16.3 Å². The number of halogens is 1. The van der Waals surface area contributed by atoms with E-state index in [4.69, 9.17) is 16.8 Å². The lowest BCUT2D eigenvalue weighted by Crippen LogP contribution is -2.22. The zero-order chi connectivity index (χ0) is 14.4. The molecule has 2 rings (SSSR count). The summed E-state index contributed by atoms with van der Waals surface area (Å²) >= 11 is 5.66. The van der Waals surface area contributed by atoms with Crippen molar-refractivity contribution < 1.29 is 10.0 Å². The van der Waals surface area contributed by atoms with Crippen LogP contribution in [-0.2, 0) is 6.54 Å². The third-order valence-corrected chi connectivity index (χ3v) is 3.06. The van der Waals surface area contributed by atoms with Gasteiger partial charge in [-0.1, -0.05) is 59.2 Å². The summed E-state index contributed by atoms with van der Waals surface area (Å²) in [6.07, 6.45) is 0. The van der Waals surface area contributed by atoms with Crippen molar-refractivity contribution in [3.05, 3.63) is 71.3 Å². The fraction of sp³-hybridized carbons (Fsp3) is 0.0667. The van der Waals surface area contributed by atoms with Gasteiger partial charge in [-0.05, 0) is 17.7 Å². The summed E-state index contributed by atoms with van der Waals surface area (Å²) in [7, 11) is 0. The number of benzene rings is 2. The lowest BCUT2D eigenvalue weighted by atomic mass is 10.1. The van der Waals surface area contributed by atoms with Crippen molar-refractivity contribution >= 4 is 22.7 Å². The van der Waals surface area contributed by atoms with Crippen LogP contribution in [0.4, 0.5) is 0 Å². The quantitative estimate of drug-likeness (QED) is 0.516. The number of carbonyl (C=O) groups excluding carboxylic acids is 1. The van der Waals surface area contributed by atoms with E-state index in [1.54, 1.807) is 24.3 Å². The van der Waals surface area contributed by atoms with Crippen LogP contribution >= 0.6 is 11.6 Å². The van der Waals surface area contributed by atoms with Crippen LogP contribution in [0.15, 0.2) is 59.8 Å². The number of rotatable bonds is 4. The number of amides is 1. The van der Waals surface area contributed by atoms with E-state index in [1.165, 1.54) is 0 Å². The van der Waals surface area contributed by atoms with Gasteiger partial charge in [0.05, 0.1) is 0 Å². The standard InChI is InChI=1S/C15H13ClN2O2/c16-14(18-20)12-6-8-13(9-7-12)15(19)17-10-11-4-2-1-3-5-11/h1-9,20H,10H2,(H,17,19)/b18-14+. The van der Waals surface area contributed by atoms with Gasteiger partial charge < -0.3 is 10.5 Å². The Morgan fingerprint density at radius 2 is 1.65 bits per heavy atom. The fourth-order valence-corrected chi connectivity index (χ4v) is 1.82. The maximum absolute atomic E-state index is 11.9. The minimum Gasteiger partial charge on any atom is -0.410 e. The van der Waals surface area contributed by atoms with Crippen molar-refractivity contribution in [2.45, 2.75) is 6.54 Å². The number of nitrogens with zero attached hydrogens (tertiary/aromatic N) is 1. The molecule has 2 aromatic rings. The molecular weight excluding hydrogens is 276 g/mol. The Labute approximate surface area is 121 Å². The van der Waals surface area contributed by atoms with E-state index in [9.17, 15) is 4.79 Å². The molecule has 5 heteroatoms. The van der Waals surface area contributed by atoms with Crippen molar-refractivity contribution in [1.29, 1.82) is 0 Å². The molecule has 20 heavy (non-hydrogen) atoms. The Hall–Kier alpha value is -2.33. The van der Waals surface area contributed by atoms with E-state index in [0.29, 0.717) is 17.7 Å². The number of carbonyl (C=O) groups is 1. The molecule has 2 aromatic carbocycles. The molecule has 0 fully saturated rings. The predicted octanol–water partition coefficient (Wildman–Crippen LogP) is 2.99. The molecule has 0 aliphatic heterocycles. The van der Waals surface area contributed by atoms with E-state index < -0.39 is 0 Å². The topological polar surface area (TPSA) is 61.7 Å². The first-order valence-corrected chi connectivity index (χ1v) is 6.38. The van der Waals surface area contributed by atoms with Crippen LogP contribution in [0.1, 0.15) is 21.5 Å². The van der Waals surface area contributed by atoms with Crippen molar-refractivity contribution in [2.24, 2.45) is 5.16 Å². The molecule has 102 valence electrons. The van der Waals surface area contributed by atoms with Gasteiger partial charge in [0.1, 0.15) is 0 Å². The van der Waals surface area contributed by atoms with Crippen LogP contribution in [0.5, 0.6) is 0 Å². The summed E-state index contributed by atoms with van der Waals surface area (Å²) in [5.41, 5.74) is 2.11. The number of hydrogen-bond acceptors (Lipinski definition) is 3. The minimum atomic E-state index is -0.169. The molecule has 0 heterocycles. The van der Waals surface area contributed by atoms with Gasteiger partial charge in [-0.3, -0.25) is 4.79 Å². The van der Waals surface area contributed by atoms with E-state index in [1.807, 2.05) is 30.3 Å². The highest BCUT2D eigenvalue weighted by molar-refractivity contribution is 6.69. The molecule has 2 N–H and O–H groups in total. The van der Waals surface area contributed by atoms with Crippen LogP contribution in [0.2, 0.25) is 0 Å². The average molecular weight is 289 g/mol. The normalized spacial score (nSPS) is 11.2. The van der Waals surface area contributed by atoms with Gasteiger partial charge in [-0.25, -0.2) is 0 Å². The summed E-state index contributed by atoms with van der Waals surface area (Å²) in [5, 5.41) is 14.3. The zero-order valence-electron chi connectivity index (χ0n) is 10.6. The molecule has 4 nitrogen and oxygen atoms in total. The zero-order valence-corrected chi connectivity index (χ0v) is 11.3. The molecule has 1 amide bonds. The van der Waals surface area contributed by atoms with E-state index in [0.717, 1.165) is 5.56 Å². The minimum absolute atomic E-state index is 0.0127. The summed E-state index contributed by atoms with van der Waals surface area (Å²) in [4.78, 5) is 11.9. The highest BCUT2D eigenvalue weighted by Gasteiger charge is 2.06. The molecule has 0 saturated carbocycles. The van der Waals surface area contributed by atoms with Crippen molar-refractivity contribution in [3.8, 4) is 0 Å². The summed E-state index contributed by atoms with van der Waals surface area (Å²) < 4.78 is 0. The van der Waals surface area contributed by atoms with Gasteiger partial charge in [0.25, 0.3) is 5.91 Å². The first-order valence-electron chi connectivity index (χ1n) is 6.01. The van der Waals surface area contributed by atoms with Crippen molar-refractivity contribution in [2.75, 3.05) is 0 Å². The van der Waals surface area contributed by atoms with Crippen LogP contribution < -0.4 is 5.32 Å². The number of hydrogen-bond donors (Lipinski definition) is 2. The van der Waals surface area contributed by atoms with E-state index in [2.05, 4.69) is 10.5 Å². The first-order chi connectivity index (χ1) is 9.70. The molecule has 0 radical (unpaired) electrons. The molecular formula is C15H13ClN2O2. The Kier molecular flexibility index (Phi) is 4.74. The van der Waals surface area contributed by atoms with Crippen molar-refractivity contribution in [3.63, 3.8) is 0 Å². The number of nitrogens with one attached hydrogen (secondary N) is 1. The van der Waals surface area contributed by atoms with Crippen molar-refractivity contribution in [1.82, 2.24) is 5.32 Å². The first kappa shape index (κ1) is 14.1. The highest BCUT2D eigenvalue weighted by Crippen LogP contribution is 2.08. The lowest BCUT2D eigenvalue weighted by Gasteiger charge is -2.06. The van der Waals surface area contributed by atoms with Crippen LogP contribution in [0, 0.1) is 0 Å². The molecule has 0 aliphatic rings. The van der Waals surface area contributed by atoms with Gasteiger partial charge in [0, 0.05) is 17.7 Å². The van der Waals surface area contributed by atoms with E-state index in [-0.39, 0.29) is 11.1 Å². The second-order valence-electron chi connectivity index (χ2n) is 4.14. The smallest absolute Gasteiger partial charge is 0.251 e. The van der Waals surface area contributed by atoms with Gasteiger partial charge in [0.15, 0.2) is 5.17 Å². The van der Waals surface area contributed by atoms with Gasteiger partial charge in [0.2, 0.25) is 0 Å². The third-order valence-electron chi connectivity index (χ3n) is 2.77. The highest BCUT2D eigenvalue weighted by atomic mass is 35.5. The molecule has 0 atom stereocenters. The average Bonchev–Trinajstić information content (AvgIpc) is 2.53. The molecule has 0 aromatic heterocycles. The molecule has 0 bridgehead atoms. The Bertz CT molecular complexity index is 610. The predicted molar refractivity (Wildman–Crippen MR) is 78.2 cm³/mol.